The van der Waals surface area contributed by atoms with Crippen molar-refractivity contribution in [2.24, 2.45) is 17.8 Å². The fourth-order valence-corrected chi connectivity index (χ4v) is 7.74. The molecule has 4 atom stereocenters. The minimum atomic E-state index is -3.52. The highest BCUT2D eigenvalue weighted by Crippen LogP contribution is 2.48. The first-order valence-electron chi connectivity index (χ1n) is 32.0. The van der Waals surface area contributed by atoms with E-state index in [-0.39, 0.29) is 17.7 Å². The summed E-state index contributed by atoms with van der Waals surface area (Å²) in [7, 11) is -4.20. The number of rotatable bonds is 14. The van der Waals surface area contributed by atoms with E-state index >= 15 is 0 Å². The van der Waals surface area contributed by atoms with E-state index in [4.69, 9.17) is 9.47 Å². The van der Waals surface area contributed by atoms with Crippen LogP contribution in [0.3, 0.4) is 0 Å². The van der Waals surface area contributed by atoms with E-state index in [1.807, 2.05) is 226 Å². The molecule has 1 saturated carbocycles. The maximum atomic E-state index is 11.5. The fourth-order valence-electron chi connectivity index (χ4n) is 6.87. The Hall–Kier alpha value is -6.45. The van der Waals surface area contributed by atoms with Gasteiger partial charge in [0, 0.05) is 12.2 Å². The van der Waals surface area contributed by atoms with Crippen LogP contribution in [0.15, 0.2) is 115 Å². The molecule has 0 heterocycles. The maximum absolute atomic E-state index is 11.5. The van der Waals surface area contributed by atoms with Gasteiger partial charge < -0.3 is 14.3 Å². The van der Waals surface area contributed by atoms with Gasteiger partial charge in [0.25, 0.3) is 11.8 Å². The lowest BCUT2D eigenvalue weighted by atomic mass is 9.87. The number of esters is 2. The molecule has 15 heteroatoms. The highest BCUT2D eigenvalue weighted by atomic mass is 32.2. The Morgan fingerprint density at radius 3 is 1.10 bits per heavy atom. The van der Waals surface area contributed by atoms with E-state index in [0.29, 0.717) is 46.6 Å². The van der Waals surface area contributed by atoms with Gasteiger partial charge in [-0.3, -0.25) is 9.59 Å². The molecule has 4 aromatic carbocycles. The molecule has 1 fully saturated rings. The van der Waals surface area contributed by atoms with Crippen LogP contribution in [0.1, 0.15) is 272 Å². The van der Waals surface area contributed by atoms with Crippen LogP contribution in [0, 0.1) is 17.8 Å². The van der Waals surface area contributed by atoms with Gasteiger partial charge in [-0.25, -0.2) is 35.9 Å². The summed E-state index contributed by atoms with van der Waals surface area (Å²) in [6.45, 7) is 56.2. The molecule has 0 spiro atoms. The molecule has 0 aliphatic heterocycles. The van der Waals surface area contributed by atoms with Gasteiger partial charge in [-0.1, -0.05) is 250 Å². The van der Waals surface area contributed by atoms with Crippen LogP contribution in [0.25, 0.3) is 17.7 Å². The minimum Gasteiger partial charge on any atom is -0.465 e. The molecule has 4 aromatic rings. The third-order valence-electron chi connectivity index (χ3n) is 11.7. The van der Waals surface area contributed by atoms with Crippen molar-refractivity contribution in [3.8, 4) is 0 Å². The summed E-state index contributed by atoms with van der Waals surface area (Å²) in [5, 5.41) is 0. The zero-order valence-corrected chi connectivity index (χ0v) is 63.2. The number of methoxy groups -OCH3 is 2. The normalized spacial score (nSPS) is 12.4. The predicted molar refractivity (Wildman–Crippen MR) is 387 cm³/mol. The monoisotopic (exact) mass is 1280 g/mol. The van der Waals surface area contributed by atoms with Gasteiger partial charge in [0.2, 0.25) is 20.0 Å². The lowest BCUT2D eigenvalue weighted by Crippen LogP contribution is -2.27. The molecule has 1 aliphatic carbocycles. The lowest BCUT2D eigenvalue weighted by molar-refractivity contribution is -0.115. The molecule has 2 N–H and O–H groups in total. The second-order valence-electron chi connectivity index (χ2n) is 18.9. The molecule has 0 saturated heterocycles. The number of carbonyl (C=O) groups excluding carboxylic acids is 5. The molecule has 1 aliphatic rings. The Bertz CT molecular complexity index is 2800. The van der Waals surface area contributed by atoms with Crippen LogP contribution in [-0.4, -0.2) is 73.1 Å². The van der Waals surface area contributed by atoms with Gasteiger partial charge in [0.15, 0.2) is 0 Å². The highest BCUT2D eigenvalue weighted by molar-refractivity contribution is 7.89. The number of carbonyl (C=O) groups is 5. The van der Waals surface area contributed by atoms with Crippen molar-refractivity contribution in [1.29, 1.82) is 0 Å². The zero-order chi connectivity index (χ0) is 71.8. The molecule has 13 nitrogen and oxygen atoms in total. The Labute approximate surface area is 546 Å². The van der Waals surface area contributed by atoms with Gasteiger partial charge in [0.05, 0.1) is 37.9 Å². The third kappa shape index (κ3) is 48.1. The number of nitrogens with one attached hydrogen (secondary N) is 2. The summed E-state index contributed by atoms with van der Waals surface area (Å²) >= 11 is 0. The Morgan fingerprint density at radius 1 is 0.461 bits per heavy atom. The quantitative estimate of drug-likeness (QED) is 0.0900. The minimum absolute atomic E-state index is 0.167. The summed E-state index contributed by atoms with van der Waals surface area (Å²) < 4.78 is 57.1. The molecule has 89 heavy (non-hydrogen) atoms. The van der Waals surface area contributed by atoms with Gasteiger partial charge in [0.1, 0.15) is 5.78 Å². The second-order valence-corrected chi connectivity index (χ2v) is 22.4. The largest absolute Gasteiger partial charge is 0.465 e. The Morgan fingerprint density at radius 2 is 0.753 bits per heavy atom. The van der Waals surface area contributed by atoms with Gasteiger partial charge in [-0.05, 0) is 140 Å². The highest BCUT2D eigenvalue weighted by Gasteiger charge is 2.35. The molecule has 4 unspecified atom stereocenters. The standard InChI is InChI=1S/C15H21NO3S.C14H17NO3S.C13H18O2.C13H16O2.C3H6O.8C2H6/c1-11(2)12(3)14-8-6-5-7-13(14)9-10-15(17)16-20(4,18)19;1-10-9-13(10)12-6-4-3-5-11(12)7-8-14(16)15-19(2,17)18;2*1-9(2)10(3)11-7-5-6-8-12(11)13(14)15-4;1-3(2)4;8*1-2/h5-12H,1-4H3,(H,16,17);3-8,10,13H,9H2,1-2H3,(H,15,16);5-10H,1-4H3;5-8H,1-4H3;1-2H3;8*1-2H3/b10-9+;8-7+;;;;;;;;;;;. The molecular formula is C74H126N2O11S2. The first kappa shape index (κ1) is 98.8. The van der Waals surface area contributed by atoms with Crippen molar-refractivity contribution in [2.45, 2.75) is 218 Å². The third-order valence-corrected chi connectivity index (χ3v) is 12.9. The number of allylic oxidation sites excluding steroid dienone is 2. The summed E-state index contributed by atoms with van der Waals surface area (Å²) in [5.41, 5.74) is 9.91. The topological polar surface area (TPSA) is 196 Å². The van der Waals surface area contributed by atoms with Gasteiger partial charge in [-0.2, -0.15) is 0 Å². The van der Waals surface area contributed by atoms with Crippen molar-refractivity contribution < 1.29 is 50.3 Å². The molecule has 5 rings (SSSR count). The molecule has 510 valence electrons. The summed E-state index contributed by atoms with van der Waals surface area (Å²) in [6, 6.07) is 30.8. The summed E-state index contributed by atoms with van der Waals surface area (Å²) in [6.07, 6.45) is 8.89. The van der Waals surface area contributed by atoms with Crippen molar-refractivity contribution in [3.05, 3.63) is 159 Å². The fraction of sp³-hybridized carbons (Fsp3) is 0.527. The van der Waals surface area contributed by atoms with Crippen molar-refractivity contribution in [3.63, 3.8) is 0 Å². The van der Waals surface area contributed by atoms with Crippen LogP contribution in [0.4, 0.5) is 0 Å². The molecule has 2 amide bonds. The number of amides is 2. The van der Waals surface area contributed by atoms with Gasteiger partial charge >= 0.3 is 11.9 Å². The number of ketones is 1. The number of hydrogen-bond acceptors (Lipinski definition) is 11. The SMILES string of the molecule is CC.CC.CC.CC.CC.CC.CC.CC.CC(C)=O.CC(C)C(C)c1ccccc1/C=C/C(=O)NS(C)(=O)=O.CC1CC1c1ccccc1/C=C/C(=O)NS(C)(=O)=O.COC(=O)c1ccccc1C(C)=C(C)C.COC(=O)c1ccccc1C(C)C(C)C. The number of hydrogen-bond donors (Lipinski definition) is 2. The van der Waals surface area contributed by atoms with E-state index in [0.717, 1.165) is 45.9 Å². The van der Waals surface area contributed by atoms with E-state index in [9.17, 15) is 40.8 Å². The first-order valence-corrected chi connectivity index (χ1v) is 35.8. The van der Waals surface area contributed by atoms with Crippen LogP contribution in [0.2, 0.25) is 0 Å². The number of sulfonamides is 2. The zero-order valence-electron chi connectivity index (χ0n) is 61.5. The Kier molecular flexibility index (Phi) is 67.1. The Balaban J connectivity index is -0.000000150. The summed E-state index contributed by atoms with van der Waals surface area (Å²) in [5.74, 6) is 1.31. The average molecular weight is 1280 g/mol. The van der Waals surface area contributed by atoms with E-state index in [1.165, 1.54) is 57.8 Å². The van der Waals surface area contributed by atoms with E-state index < -0.39 is 31.9 Å². The number of Topliss-reactive ketones (excluding diaryl/α,β-unsaturated/α-hetero) is 1. The average Bonchev–Trinajstić information content (AvgIpc) is 2.20. The van der Waals surface area contributed by atoms with Crippen LogP contribution >= 0.6 is 0 Å². The van der Waals surface area contributed by atoms with Crippen LogP contribution in [0.5, 0.6) is 0 Å². The van der Waals surface area contributed by atoms with Gasteiger partial charge in [-0.15, -0.1) is 0 Å². The molecule has 0 aromatic heterocycles. The molecule has 0 radical (unpaired) electrons. The lowest BCUT2D eigenvalue weighted by Gasteiger charge is -2.18. The van der Waals surface area contributed by atoms with Crippen molar-refractivity contribution in [2.75, 3.05) is 26.7 Å². The predicted octanol–water partition coefficient (Wildman–Crippen LogP) is 19.8. The number of ether oxygens (including phenoxy) is 2. The maximum Gasteiger partial charge on any atom is 0.338 e. The van der Waals surface area contributed by atoms with Crippen molar-refractivity contribution >= 4 is 67.3 Å². The molecular weight excluding hydrogens is 1160 g/mol. The molecule has 0 bridgehead atoms. The summed E-state index contributed by atoms with van der Waals surface area (Å²) in [4.78, 5) is 55.4. The van der Waals surface area contributed by atoms with Crippen LogP contribution in [-0.2, 0) is 43.9 Å². The first-order chi connectivity index (χ1) is 42.0. The van der Waals surface area contributed by atoms with E-state index in [1.54, 1.807) is 18.2 Å². The second kappa shape index (κ2) is 60.5. The van der Waals surface area contributed by atoms with Crippen LogP contribution < -0.4 is 9.44 Å². The smallest absolute Gasteiger partial charge is 0.338 e. The van der Waals surface area contributed by atoms with E-state index in [2.05, 4.69) is 54.5 Å². The number of benzene rings is 4. The van der Waals surface area contributed by atoms with Crippen molar-refractivity contribution in [1.82, 2.24) is 9.44 Å².